The number of carbonyl (C=O) groups excluding carboxylic acids is 2. The molecule has 0 saturated carbocycles. The average molecular weight is 116 g/mol. The number of imide groups is 2. The van der Waals surface area contributed by atoms with Crippen molar-refractivity contribution in [3.63, 3.8) is 0 Å². The molecule has 0 aromatic carbocycles. The van der Waals surface area contributed by atoms with Gasteiger partial charge in [-0.25, -0.2) is 21.3 Å². The van der Waals surface area contributed by atoms with Crippen LogP contribution in [0, 0.1) is 0 Å². The topological polar surface area (TPSA) is 92.7 Å². The first-order valence-corrected chi connectivity index (χ1v) is 1.82. The number of nitrogens with zero attached hydrogens (tertiary/aromatic N) is 2. The van der Waals surface area contributed by atoms with Crippen LogP contribution in [0.2, 0.25) is 0 Å². The minimum atomic E-state index is -0.685. The van der Waals surface area contributed by atoms with E-state index in [2.05, 4.69) is 0 Å². The maximum atomic E-state index is 10.2. The van der Waals surface area contributed by atoms with E-state index in [0.29, 0.717) is 10.0 Å². The predicted octanol–water partition coefficient (Wildman–Crippen LogP) is -1.41. The van der Waals surface area contributed by atoms with Gasteiger partial charge in [-0.05, 0) is 0 Å². The van der Waals surface area contributed by atoms with Crippen LogP contribution in [0.4, 0.5) is 9.59 Å². The summed E-state index contributed by atoms with van der Waals surface area (Å²) in [5, 5.41) is 0.861. The Kier molecular flexibility index (Phi) is 0.734. The van der Waals surface area contributed by atoms with Crippen molar-refractivity contribution in [3.05, 3.63) is 0 Å². The molecule has 44 valence electrons. The number of nitrogens with two attached hydrogens (primary N) is 2. The van der Waals surface area contributed by atoms with Gasteiger partial charge in [-0.3, -0.25) is 0 Å². The maximum Gasteiger partial charge on any atom is 0.365 e. The number of hydrogen-bond donors (Lipinski definition) is 2. The van der Waals surface area contributed by atoms with Crippen LogP contribution in [0.25, 0.3) is 0 Å². The van der Waals surface area contributed by atoms with Crippen molar-refractivity contribution < 1.29 is 9.59 Å². The third kappa shape index (κ3) is 0.328. The Labute approximate surface area is 44.6 Å². The molecule has 6 nitrogen and oxygen atoms in total. The zero-order valence-electron chi connectivity index (χ0n) is 3.87. The smallest absolute Gasteiger partial charge is 0.244 e. The molecule has 0 bridgehead atoms. The van der Waals surface area contributed by atoms with Crippen molar-refractivity contribution in [2.45, 2.75) is 0 Å². The van der Waals surface area contributed by atoms with Crippen molar-refractivity contribution in [3.8, 4) is 0 Å². The van der Waals surface area contributed by atoms with Crippen LogP contribution in [0.1, 0.15) is 0 Å². The number of urea groups is 2. The Morgan fingerprint density at radius 2 is 1.25 bits per heavy atom. The van der Waals surface area contributed by atoms with Crippen LogP contribution in [0.3, 0.4) is 0 Å². The van der Waals surface area contributed by atoms with Gasteiger partial charge in [-0.2, -0.15) is 10.0 Å². The minimum Gasteiger partial charge on any atom is -0.244 e. The van der Waals surface area contributed by atoms with Gasteiger partial charge < -0.3 is 0 Å². The molecule has 0 aromatic heterocycles. The number of rotatable bonds is 0. The Bertz CT molecular complexity index is 124. The Hall–Kier alpha value is -1.14. The highest BCUT2D eigenvalue weighted by molar-refractivity contribution is 6.10. The Morgan fingerprint density at radius 1 is 1.00 bits per heavy atom. The van der Waals surface area contributed by atoms with E-state index in [1.165, 1.54) is 0 Å². The molecule has 1 rings (SSSR count). The molecule has 0 aliphatic carbocycles. The zero-order valence-corrected chi connectivity index (χ0v) is 3.87. The summed E-state index contributed by atoms with van der Waals surface area (Å²) in [7, 11) is 0. The summed E-state index contributed by atoms with van der Waals surface area (Å²) < 4.78 is 0. The highest BCUT2D eigenvalue weighted by atomic mass is 16.3. The van der Waals surface area contributed by atoms with Crippen molar-refractivity contribution >= 4 is 12.1 Å². The molecule has 6 heteroatoms. The first-order valence-electron chi connectivity index (χ1n) is 1.82. The molecule has 0 aromatic rings. The van der Waals surface area contributed by atoms with E-state index in [0.717, 1.165) is 0 Å². The summed E-state index contributed by atoms with van der Waals surface area (Å²) in [6.07, 6.45) is 0. The lowest BCUT2D eigenvalue weighted by molar-refractivity contribution is 0.106. The summed E-state index contributed by atoms with van der Waals surface area (Å²) >= 11 is 0. The van der Waals surface area contributed by atoms with Gasteiger partial charge in [-0.15, -0.1) is 0 Å². The second kappa shape index (κ2) is 1.17. The number of amides is 4. The second-order valence-electron chi connectivity index (χ2n) is 1.31. The summed E-state index contributed by atoms with van der Waals surface area (Å²) in [5.41, 5.74) is 0. The van der Waals surface area contributed by atoms with Crippen LogP contribution < -0.4 is 11.7 Å². The summed E-state index contributed by atoms with van der Waals surface area (Å²) in [5.74, 6) is 9.54. The molecule has 4 N–H and O–H groups in total. The Morgan fingerprint density at radius 3 is 1.38 bits per heavy atom. The van der Waals surface area contributed by atoms with Gasteiger partial charge in [0, 0.05) is 0 Å². The van der Waals surface area contributed by atoms with Gasteiger partial charge in [0.2, 0.25) is 0 Å². The lowest BCUT2D eigenvalue weighted by Gasteiger charge is -2.30. The van der Waals surface area contributed by atoms with E-state index in [9.17, 15) is 9.59 Å². The van der Waals surface area contributed by atoms with E-state index in [4.69, 9.17) is 11.7 Å². The first-order chi connectivity index (χ1) is 3.64. The average Bonchev–Trinajstić information content (AvgIpc) is 1.83. The molecular weight excluding hydrogens is 112 g/mol. The summed E-state index contributed by atoms with van der Waals surface area (Å²) in [6, 6.07) is -1.37. The van der Waals surface area contributed by atoms with E-state index in [1.54, 1.807) is 0 Å². The predicted molar refractivity (Wildman–Crippen MR) is 22.8 cm³/mol. The fraction of sp³-hybridized carbons (Fsp3) is 0. The Balaban J connectivity index is 2.68. The molecule has 1 heterocycles. The highest BCUT2D eigenvalue weighted by Gasteiger charge is 2.39. The SMILES string of the molecule is NN1C(=O)N(N)C1=O. The second-order valence-corrected chi connectivity index (χ2v) is 1.31. The van der Waals surface area contributed by atoms with Gasteiger partial charge >= 0.3 is 12.1 Å². The molecule has 0 atom stereocenters. The molecule has 0 spiro atoms. The van der Waals surface area contributed by atoms with Crippen LogP contribution in [-0.4, -0.2) is 22.1 Å². The lowest BCUT2D eigenvalue weighted by atomic mass is 10.6. The zero-order chi connectivity index (χ0) is 6.31. The van der Waals surface area contributed by atoms with Crippen LogP contribution in [0.15, 0.2) is 0 Å². The largest absolute Gasteiger partial charge is 0.365 e. The summed E-state index contributed by atoms with van der Waals surface area (Å²) in [6.45, 7) is 0. The highest BCUT2D eigenvalue weighted by Crippen LogP contribution is 2.03. The summed E-state index contributed by atoms with van der Waals surface area (Å²) in [4.78, 5) is 20.3. The van der Waals surface area contributed by atoms with E-state index in [1.807, 2.05) is 0 Å². The quantitative estimate of drug-likeness (QED) is 0.300. The van der Waals surface area contributed by atoms with Crippen molar-refractivity contribution in [1.82, 2.24) is 10.0 Å². The van der Waals surface area contributed by atoms with Crippen molar-refractivity contribution in [2.75, 3.05) is 0 Å². The fourth-order valence-corrected chi connectivity index (χ4v) is 0.351. The molecule has 1 fully saturated rings. The monoisotopic (exact) mass is 116 g/mol. The van der Waals surface area contributed by atoms with E-state index < -0.39 is 12.1 Å². The molecule has 1 saturated heterocycles. The standard InChI is InChI=1S/C2H4N4O2/c3-5-1(7)6(4)2(5)8/h3-4H2. The molecular formula is C2H4N4O2. The van der Waals surface area contributed by atoms with Crippen molar-refractivity contribution in [1.29, 1.82) is 0 Å². The normalized spacial score (nSPS) is 19.2. The van der Waals surface area contributed by atoms with Crippen molar-refractivity contribution in [2.24, 2.45) is 11.7 Å². The number of hydrogen-bond acceptors (Lipinski definition) is 4. The molecule has 8 heavy (non-hydrogen) atoms. The third-order valence-corrected chi connectivity index (χ3v) is 0.824. The van der Waals surface area contributed by atoms with Gasteiger partial charge in [-0.1, -0.05) is 0 Å². The van der Waals surface area contributed by atoms with Crippen LogP contribution in [-0.2, 0) is 0 Å². The molecule has 4 amide bonds. The van der Waals surface area contributed by atoms with Gasteiger partial charge in [0.1, 0.15) is 0 Å². The molecule has 0 unspecified atom stereocenters. The molecule has 1 aliphatic heterocycles. The van der Waals surface area contributed by atoms with E-state index in [-0.39, 0.29) is 0 Å². The number of hydrazine groups is 2. The van der Waals surface area contributed by atoms with Crippen LogP contribution in [0.5, 0.6) is 0 Å². The van der Waals surface area contributed by atoms with Crippen LogP contribution >= 0.6 is 0 Å². The number of carbonyl (C=O) groups is 2. The van der Waals surface area contributed by atoms with Gasteiger partial charge in [0.05, 0.1) is 0 Å². The minimum absolute atomic E-state index is 0.431. The molecule has 0 radical (unpaired) electrons. The molecule has 1 aliphatic rings. The maximum absolute atomic E-state index is 10.2. The third-order valence-electron chi connectivity index (χ3n) is 0.824. The van der Waals surface area contributed by atoms with E-state index >= 15 is 0 Å². The lowest BCUT2D eigenvalue weighted by Crippen LogP contribution is -2.69. The fourth-order valence-electron chi connectivity index (χ4n) is 0.351. The first kappa shape index (κ1) is 5.01. The van der Waals surface area contributed by atoms with Gasteiger partial charge in [0.15, 0.2) is 0 Å². The van der Waals surface area contributed by atoms with Gasteiger partial charge in [0.25, 0.3) is 0 Å².